The van der Waals surface area contributed by atoms with Gasteiger partial charge in [-0.2, -0.15) is 10.1 Å². The highest BCUT2D eigenvalue weighted by molar-refractivity contribution is 6.30. The smallest absolute Gasteiger partial charge is 0.332 e. The first-order chi connectivity index (χ1) is 14.0. The number of imidazole rings is 1. The van der Waals surface area contributed by atoms with Gasteiger partial charge < -0.3 is 8.98 Å². The van der Waals surface area contributed by atoms with Crippen LogP contribution in [-0.4, -0.2) is 24.9 Å². The van der Waals surface area contributed by atoms with Crippen molar-refractivity contribution in [3.8, 4) is 0 Å². The molecule has 4 rings (SSSR count). The van der Waals surface area contributed by atoms with Gasteiger partial charge in [-0.05, 0) is 29.8 Å². The topological polar surface area (TPSA) is 99.3 Å². The van der Waals surface area contributed by atoms with E-state index in [1.54, 1.807) is 55.1 Å². The Kier molecular flexibility index (Phi) is 4.81. The van der Waals surface area contributed by atoms with Crippen molar-refractivity contribution >= 4 is 34.9 Å². The van der Waals surface area contributed by atoms with Crippen molar-refractivity contribution in [2.24, 2.45) is 19.2 Å². The second-order valence-corrected chi connectivity index (χ2v) is 6.85. The SMILES string of the molecule is Cn1c(N/N=C/c2ccco2)nc2c1c(=O)n(Cc1ccc(Cl)cc1)c(=O)n2C. The second kappa shape index (κ2) is 7.44. The van der Waals surface area contributed by atoms with Crippen molar-refractivity contribution in [1.29, 1.82) is 0 Å². The minimum Gasteiger partial charge on any atom is -0.463 e. The van der Waals surface area contributed by atoms with E-state index in [-0.39, 0.29) is 17.7 Å². The Balaban J connectivity index is 1.75. The molecule has 3 heterocycles. The van der Waals surface area contributed by atoms with E-state index in [9.17, 15) is 9.59 Å². The van der Waals surface area contributed by atoms with Crippen LogP contribution in [0, 0.1) is 0 Å². The number of nitrogens with one attached hydrogen (secondary N) is 1. The normalized spacial score (nSPS) is 11.6. The fourth-order valence-corrected chi connectivity index (χ4v) is 3.10. The number of benzene rings is 1. The highest BCUT2D eigenvalue weighted by atomic mass is 35.5. The van der Waals surface area contributed by atoms with Crippen molar-refractivity contribution in [2.75, 3.05) is 5.43 Å². The number of halogens is 1. The van der Waals surface area contributed by atoms with Gasteiger partial charge in [-0.15, -0.1) is 0 Å². The lowest BCUT2D eigenvalue weighted by atomic mass is 10.2. The predicted octanol–water partition coefficient (Wildman–Crippen LogP) is 2.17. The van der Waals surface area contributed by atoms with Gasteiger partial charge in [0.15, 0.2) is 11.2 Å². The van der Waals surface area contributed by atoms with Crippen LogP contribution < -0.4 is 16.7 Å². The number of aryl methyl sites for hydroxylation is 2. The highest BCUT2D eigenvalue weighted by Gasteiger charge is 2.18. The van der Waals surface area contributed by atoms with Crippen LogP contribution in [-0.2, 0) is 20.6 Å². The van der Waals surface area contributed by atoms with Gasteiger partial charge in [0.2, 0.25) is 5.95 Å². The molecule has 0 aliphatic rings. The zero-order chi connectivity index (χ0) is 20.5. The number of aromatic nitrogens is 4. The van der Waals surface area contributed by atoms with Gasteiger partial charge in [-0.25, -0.2) is 10.2 Å². The third-order valence-electron chi connectivity index (χ3n) is 4.51. The molecule has 0 amide bonds. The molecule has 10 heteroatoms. The number of anilines is 1. The van der Waals surface area contributed by atoms with Crippen LogP contribution in [0.4, 0.5) is 5.95 Å². The molecule has 0 fully saturated rings. The molecule has 0 aliphatic heterocycles. The average Bonchev–Trinajstić information content (AvgIpc) is 3.34. The molecule has 0 atom stereocenters. The van der Waals surface area contributed by atoms with Crippen LogP contribution >= 0.6 is 11.6 Å². The lowest BCUT2D eigenvalue weighted by Gasteiger charge is -2.08. The summed E-state index contributed by atoms with van der Waals surface area (Å²) in [5.74, 6) is 0.883. The van der Waals surface area contributed by atoms with Crippen molar-refractivity contribution in [3.05, 3.63) is 79.8 Å². The molecule has 3 aromatic heterocycles. The van der Waals surface area contributed by atoms with E-state index in [1.807, 2.05) is 0 Å². The van der Waals surface area contributed by atoms with E-state index in [4.69, 9.17) is 16.0 Å². The number of hydrogen-bond donors (Lipinski definition) is 1. The number of hydrogen-bond acceptors (Lipinski definition) is 6. The quantitative estimate of drug-likeness (QED) is 0.400. The van der Waals surface area contributed by atoms with E-state index < -0.39 is 11.2 Å². The summed E-state index contributed by atoms with van der Waals surface area (Å²) in [4.78, 5) is 30.2. The fraction of sp³-hybridized carbons (Fsp3) is 0.158. The maximum Gasteiger partial charge on any atom is 0.332 e. The second-order valence-electron chi connectivity index (χ2n) is 6.41. The third-order valence-corrected chi connectivity index (χ3v) is 4.77. The molecule has 9 nitrogen and oxygen atoms in total. The fourth-order valence-electron chi connectivity index (χ4n) is 2.97. The number of nitrogens with zero attached hydrogens (tertiary/aromatic N) is 5. The van der Waals surface area contributed by atoms with E-state index in [0.29, 0.717) is 16.7 Å². The van der Waals surface area contributed by atoms with Gasteiger partial charge in [0.05, 0.1) is 19.0 Å². The van der Waals surface area contributed by atoms with Crippen LogP contribution in [0.1, 0.15) is 11.3 Å². The molecule has 0 aliphatic carbocycles. The summed E-state index contributed by atoms with van der Waals surface area (Å²) >= 11 is 5.91. The van der Waals surface area contributed by atoms with Crippen LogP contribution in [0.25, 0.3) is 11.2 Å². The molecule has 1 aromatic carbocycles. The molecule has 0 spiro atoms. The summed E-state index contributed by atoms with van der Waals surface area (Å²) in [6, 6.07) is 10.5. The summed E-state index contributed by atoms with van der Waals surface area (Å²) < 4.78 is 9.25. The Hall–Kier alpha value is -3.59. The Morgan fingerprint density at radius 3 is 2.62 bits per heavy atom. The molecule has 0 unspecified atom stereocenters. The number of fused-ring (bicyclic) bond motifs is 1. The summed E-state index contributed by atoms with van der Waals surface area (Å²) in [7, 11) is 3.25. The minimum atomic E-state index is -0.457. The number of furan rings is 1. The summed E-state index contributed by atoms with van der Waals surface area (Å²) in [5, 5.41) is 4.64. The van der Waals surface area contributed by atoms with Crippen LogP contribution in [0.3, 0.4) is 0 Å². The van der Waals surface area contributed by atoms with Gasteiger partial charge in [-0.3, -0.25) is 13.9 Å². The summed E-state index contributed by atoms with van der Waals surface area (Å²) in [6.07, 6.45) is 3.02. The van der Waals surface area contributed by atoms with Crippen molar-refractivity contribution in [3.63, 3.8) is 0 Å². The summed E-state index contributed by atoms with van der Waals surface area (Å²) in [6.45, 7) is 0.128. The van der Waals surface area contributed by atoms with E-state index in [0.717, 1.165) is 5.56 Å². The van der Waals surface area contributed by atoms with E-state index >= 15 is 0 Å². The Morgan fingerprint density at radius 2 is 1.93 bits per heavy atom. The zero-order valence-electron chi connectivity index (χ0n) is 15.7. The number of rotatable bonds is 5. The molecule has 1 N–H and O–H groups in total. The number of hydrazone groups is 1. The first-order valence-corrected chi connectivity index (χ1v) is 9.07. The third kappa shape index (κ3) is 3.47. The van der Waals surface area contributed by atoms with Crippen molar-refractivity contribution in [2.45, 2.75) is 6.54 Å². The van der Waals surface area contributed by atoms with Gasteiger partial charge >= 0.3 is 5.69 Å². The van der Waals surface area contributed by atoms with E-state index in [1.165, 1.54) is 21.6 Å². The van der Waals surface area contributed by atoms with Gasteiger partial charge in [-0.1, -0.05) is 23.7 Å². The molecular formula is C19H17ClN6O3. The summed E-state index contributed by atoms with van der Waals surface area (Å²) in [5.41, 5.74) is 3.23. The monoisotopic (exact) mass is 412 g/mol. The van der Waals surface area contributed by atoms with Crippen molar-refractivity contribution < 1.29 is 4.42 Å². The maximum absolute atomic E-state index is 13.0. The average molecular weight is 413 g/mol. The minimum absolute atomic E-state index is 0.128. The molecule has 148 valence electrons. The molecule has 0 radical (unpaired) electrons. The van der Waals surface area contributed by atoms with Crippen LogP contribution in [0.15, 0.2) is 61.8 Å². The molecule has 29 heavy (non-hydrogen) atoms. The lowest BCUT2D eigenvalue weighted by Crippen LogP contribution is -2.39. The molecule has 0 saturated heterocycles. The molecule has 4 aromatic rings. The van der Waals surface area contributed by atoms with E-state index in [2.05, 4.69) is 15.5 Å². The Labute approximate surface area is 169 Å². The van der Waals surface area contributed by atoms with Crippen molar-refractivity contribution in [1.82, 2.24) is 18.7 Å². The lowest BCUT2D eigenvalue weighted by molar-refractivity contribution is 0.560. The molecule has 0 saturated carbocycles. The van der Waals surface area contributed by atoms with Gasteiger partial charge in [0.25, 0.3) is 5.56 Å². The van der Waals surface area contributed by atoms with Gasteiger partial charge in [0, 0.05) is 19.1 Å². The largest absolute Gasteiger partial charge is 0.463 e. The first-order valence-electron chi connectivity index (χ1n) is 8.69. The maximum atomic E-state index is 13.0. The van der Waals surface area contributed by atoms with Gasteiger partial charge in [0.1, 0.15) is 5.76 Å². The predicted molar refractivity (Wildman–Crippen MR) is 111 cm³/mol. The highest BCUT2D eigenvalue weighted by Crippen LogP contribution is 2.14. The first kappa shape index (κ1) is 18.8. The molecular weight excluding hydrogens is 396 g/mol. The Morgan fingerprint density at radius 1 is 1.17 bits per heavy atom. The van der Waals surface area contributed by atoms with Crippen LogP contribution in [0.5, 0.6) is 0 Å². The molecule has 0 bridgehead atoms. The standard InChI is InChI=1S/C19H17ClN6O3/c1-24-15-16(22-18(24)23-21-10-14-4-3-9-29-14)25(2)19(28)26(17(15)27)11-12-5-7-13(20)8-6-12/h3-10H,11H2,1-2H3,(H,22,23)/b21-10+. The van der Waals surface area contributed by atoms with Crippen LogP contribution in [0.2, 0.25) is 5.02 Å². The Bertz CT molecular complexity index is 1310. The zero-order valence-corrected chi connectivity index (χ0v) is 16.4.